The highest BCUT2D eigenvalue weighted by atomic mass is 16.3. The lowest BCUT2D eigenvalue weighted by atomic mass is 10.0. The van der Waals surface area contributed by atoms with Crippen LogP contribution in [0, 0.1) is 0 Å². The van der Waals surface area contributed by atoms with Gasteiger partial charge in [-0.05, 0) is 13.0 Å². The van der Waals surface area contributed by atoms with E-state index >= 15 is 0 Å². The SMILES string of the molecule is CCCCCCCCCCCCCCCCCCCCCCCCCCNCCO. The van der Waals surface area contributed by atoms with Crippen molar-refractivity contribution in [2.75, 3.05) is 19.7 Å². The summed E-state index contributed by atoms with van der Waals surface area (Å²) in [5.74, 6) is 0. The molecular weight excluding hydrogens is 366 g/mol. The van der Waals surface area contributed by atoms with E-state index in [0.717, 1.165) is 13.1 Å². The average molecular weight is 426 g/mol. The van der Waals surface area contributed by atoms with E-state index in [2.05, 4.69) is 12.2 Å². The summed E-state index contributed by atoms with van der Waals surface area (Å²) in [7, 11) is 0. The third-order valence-electron chi connectivity index (χ3n) is 6.50. The third kappa shape index (κ3) is 27.9. The van der Waals surface area contributed by atoms with Gasteiger partial charge in [-0.25, -0.2) is 0 Å². The van der Waals surface area contributed by atoms with Crippen molar-refractivity contribution in [1.29, 1.82) is 0 Å². The van der Waals surface area contributed by atoms with Gasteiger partial charge in [-0.1, -0.05) is 155 Å². The van der Waals surface area contributed by atoms with Gasteiger partial charge >= 0.3 is 0 Å². The van der Waals surface area contributed by atoms with Crippen LogP contribution in [0.25, 0.3) is 0 Å². The van der Waals surface area contributed by atoms with Gasteiger partial charge in [-0.3, -0.25) is 0 Å². The molecule has 0 spiro atoms. The van der Waals surface area contributed by atoms with Crippen LogP contribution in [-0.4, -0.2) is 24.8 Å². The van der Waals surface area contributed by atoms with E-state index in [9.17, 15) is 0 Å². The molecule has 0 unspecified atom stereocenters. The van der Waals surface area contributed by atoms with Gasteiger partial charge in [-0.2, -0.15) is 0 Å². The lowest BCUT2D eigenvalue weighted by molar-refractivity contribution is 0.292. The Hall–Kier alpha value is -0.0800. The van der Waals surface area contributed by atoms with Gasteiger partial charge in [0, 0.05) is 6.54 Å². The molecule has 0 saturated heterocycles. The quantitative estimate of drug-likeness (QED) is 0.129. The Morgan fingerprint density at radius 3 is 0.900 bits per heavy atom. The molecule has 30 heavy (non-hydrogen) atoms. The average Bonchev–Trinajstić information content (AvgIpc) is 2.76. The van der Waals surface area contributed by atoms with E-state index in [1.54, 1.807) is 0 Å². The van der Waals surface area contributed by atoms with Crippen LogP contribution in [0.3, 0.4) is 0 Å². The number of hydrogen-bond donors (Lipinski definition) is 2. The highest BCUT2D eigenvalue weighted by Gasteiger charge is 1.96. The van der Waals surface area contributed by atoms with Gasteiger partial charge in [0.15, 0.2) is 0 Å². The maximum Gasteiger partial charge on any atom is 0.0555 e. The van der Waals surface area contributed by atoms with Gasteiger partial charge in [0.2, 0.25) is 0 Å². The Morgan fingerprint density at radius 2 is 0.633 bits per heavy atom. The van der Waals surface area contributed by atoms with Crippen molar-refractivity contribution in [1.82, 2.24) is 5.32 Å². The predicted octanol–water partition coefficient (Wildman–Crippen LogP) is 8.95. The van der Waals surface area contributed by atoms with Gasteiger partial charge in [0.25, 0.3) is 0 Å². The molecule has 0 aromatic heterocycles. The second-order valence-electron chi connectivity index (χ2n) is 9.61. The Kier molecular flexibility index (Phi) is 28.8. The molecule has 0 heterocycles. The summed E-state index contributed by atoms with van der Waals surface area (Å²) in [5, 5.41) is 11.9. The van der Waals surface area contributed by atoms with E-state index in [1.165, 1.54) is 154 Å². The molecule has 0 bridgehead atoms. The van der Waals surface area contributed by atoms with Crippen LogP contribution in [0.2, 0.25) is 0 Å². The number of aliphatic hydroxyl groups is 1. The summed E-state index contributed by atoms with van der Waals surface area (Å²) in [5.41, 5.74) is 0. The number of rotatable bonds is 27. The number of aliphatic hydroxyl groups excluding tert-OH is 1. The predicted molar refractivity (Wildman–Crippen MR) is 136 cm³/mol. The van der Waals surface area contributed by atoms with Crippen molar-refractivity contribution in [2.24, 2.45) is 0 Å². The fourth-order valence-corrected chi connectivity index (χ4v) is 4.42. The molecule has 0 radical (unpaired) electrons. The first-order valence-electron chi connectivity index (χ1n) is 14.2. The fourth-order valence-electron chi connectivity index (χ4n) is 4.42. The lowest BCUT2D eigenvalue weighted by Crippen LogP contribution is -2.19. The lowest BCUT2D eigenvalue weighted by Gasteiger charge is -2.04. The summed E-state index contributed by atoms with van der Waals surface area (Å²) in [4.78, 5) is 0. The Morgan fingerprint density at radius 1 is 0.367 bits per heavy atom. The highest BCUT2D eigenvalue weighted by molar-refractivity contribution is 4.52. The molecule has 2 heteroatoms. The molecule has 0 aliphatic heterocycles. The molecule has 2 N–H and O–H groups in total. The van der Waals surface area contributed by atoms with Crippen LogP contribution in [0.4, 0.5) is 0 Å². The molecule has 0 aliphatic rings. The molecule has 0 atom stereocenters. The van der Waals surface area contributed by atoms with E-state index in [0.29, 0.717) is 0 Å². The summed E-state index contributed by atoms with van der Waals surface area (Å²) in [6.45, 7) is 4.38. The second-order valence-corrected chi connectivity index (χ2v) is 9.61. The van der Waals surface area contributed by atoms with Crippen LogP contribution < -0.4 is 5.32 Å². The maximum atomic E-state index is 8.69. The largest absolute Gasteiger partial charge is 0.395 e. The van der Waals surface area contributed by atoms with E-state index in [1.807, 2.05) is 0 Å². The number of hydrogen-bond acceptors (Lipinski definition) is 2. The molecular formula is C28H59NO. The van der Waals surface area contributed by atoms with Crippen molar-refractivity contribution in [3.63, 3.8) is 0 Å². The van der Waals surface area contributed by atoms with Crippen molar-refractivity contribution in [3.8, 4) is 0 Å². The van der Waals surface area contributed by atoms with Crippen LogP contribution in [0.5, 0.6) is 0 Å². The Balaban J connectivity index is 2.97. The van der Waals surface area contributed by atoms with E-state index < -0.39 is 0 Å². The monoisotopic (exact) mass is 425 g/mol. The summed E-state index contributed by atoms with van der Waals surface area (Å²) < 4.78 is 0. The van der Waals surface area contributed by atoms with Crippen LogP contribution in [0.15, 0.2) is 0 Å². The summed E-state index contributed by atoms with van der Waals surface area (Å²) in [6, 6.07) is 0. The fraction of sp³-hybridized carbons (Fsp3) is 1.00. The van der Waals surface area contributed by atoms with Crippen molar-refractivity contribution in [3.05, 3.63) is 0 Å². The van der Waals surface area contributed by atoms with Gasteiger partial charge in [0.1, 0.15) is 0 Å². The molecule has 0 aromatic rings. The first kappa shape index (κ1) is 29.9. The van der Waals surface area contributed by atoms with E-state index in [4.69, 9.17) is 5.11 Å². The standard InChI is InChI=1S/C28H59NO/c1-2-3-4-5-6-7-8-9-10-11-12-13-14-15-16-17-18-19-20-21-22-23-24-25-26-29-27-28-30/h29-30H,2-28H2,1H3. The topological polar surface area (TPSA) is 32.3 Å². The van der Waals surface area contributed by atoms with Crippen molar-refractivity contribution < 1.29 is 5.11 Å². The molecule has 0 amide bonds. The van der Waals surface area contributed by atoms with E-state index in [-0.39, 0.29) is 6.61 Å². The summed E-state index contributed by atoms with van der Waals surface area (Å²) in [6.07, 6.45) is 34.7. The summed E-state index contributed by atoms with van der Waals surface area (Å²) >= 11 is 0. The number of unbranched alkanes of at least 4 members (excludes halogenated alkanes) is 23. The minimum Gasteiger partial charge on any atom is -0.395 e. The zero-order valence-electron chi connectivity index (χ0n) is 21.0. The van der Waals surface area contributed by atoms with Crippen molar-refractivity contribution in [2.45, 2.75) is 161 Å². The van der Waals surface area contributed by atoms with Gasteiger partial charge < -0.3 is 10.4 Å². The zero-order chi connectivity index (χ0) is 21.8. The Bertz CT molecular complexity index is 254. The molecule has 0 aromatic carbocycles. The molecule has 0 saturated carbocycles. The minimum atomic E-state index is 0.263. The molecule has 182 valence electrons. The Labute approximate surface area is 191 Å². The number of nitrogens with one attached hydrogen (secondary N) is 1. The van der Waals surface area contributed by atoms with Gasteiger partial charge in [0.05, 0.1) is 6.61 Å². The minimum absolute atomic E-state index is 0.263. The molecule has 0 aliphatic carbocycles. The molecule has 0 fully saturated rings. The second kappa shape index (κ2) is 28.9. The normalized spacial score (nSPS) is 11.4. The van der Waals surface area contributed by atoms with Gasteiger partial charge in [-0.15, -0.1) is 0 Å². The van der Waals surface area contributed by atoms with Crippen molar-refractivity contribution >= 4 is 0 Å². The molecule has 0 rings (SSSR count). The van der Waals surface area contributed by atoms with Crippen LogP contribution in [-0.2, 0) is 0 Å². The third-order valence-corrected chi connectivity index (χ3v) is 6.50. The van der Waals surface area contributed by atoms with Crippen LogP contribution >= 0.6 is 0 Å². The highest BCUT2D eigenvalue weighted by Crippen LogP contribution is 2.15. The first-order chi connectivity index (χ1) is 14.9. The van der Waals surface area contributed by atoms with Crippen LogP contribution in [0.1, 0.15) is 161 Å². The zero-order valence-corrected chi connectivity index (χ0v) is 21.0. The molecule has 2 nitrogen and oxygen atoms in total. The first-order valence-corrected chi connectivity index (χ1v) is 14.2. The maximum absolute atomic E-state index is 8.69. The smallest absolute Gasteiger partial charge is 0.0555 e.